The number of rotatable bonds is 5. The van der Waals surface area contributed by atoms with Gasteiger partial charge in [-0.3, -0.25) is 5.43 Å². The second kappa shape index (κ2) is 7.68. The first-order chi connectivity index (χ1) is 13.2. The fourth-order valence-electron chi connectivity index (χ4n) is 3.34. The highest BCUT2D eigenvalue weighted by Crippen LogP contribution is 2.36. The van der Waals surface area contributed by atoms with Crippen LogP contribution in [-0.2, 0) is 0 Å². The van der Waals surface area contributed by atoms with Gasteiger partial charge in [0.1, 0.15) is 5.75 Å². The molecule has 2 N–H and O–H groups in total. The third-order valence-electron chi connectivity index (χ3n) is 4.74. The maximum atomic E-state index is 6.36. The van der Waals surface area contributed by atoms with E-state index in [1.165, 1.54) is 0 Å². The third-order valence-corrected chi connectivity index (χ3v) is 5.04. The molecule has 1 saturated heterocycles. The van der Waals surface area contributed by atoms with Crippen molar-refractivity contribution in [3.05, 3.63) is 64.5 Å². The van der Waals surface area contributed by atoms with Crippen LogP contribution in [0.5, 0.6) is 5.75 Å². The summed E-state index contributed by atoms with van der Waals surface area (Å²) in [7, 11) is 0. The molecule has 1 fully saturated rings. The van der Waals surface area contributed by atoms with Crippen LogP contribution in [0.3, 0.4) is 0 Å². The standard InChI is InChI=1S/C20H21ClN4O2/c1-3-26-17-9-8-13(10-16(17)21)18-15(11-22-24-18)20-23-19(25-27-20)14-7-5-4-6-12(14)2/h4-10,15,18,22,24H,3,11H2,1-2H3. The Morgan fingerprint density at radius 2 is 2.11 bits per heavy atom. The van der Waals surface area contributed by atoms with Gasteiger partial charge < -0.3 is 9.26 Å². The van der Waals surface area contributed by atoms with Crippen molar-refractivity contribution < 1.29 is 9.26 Å². The normalized spacial score (nSPS) is 19.4. The van der Waals surface area contributed by atoms with Crippen molar-refractivity contribution in [2.75, 3.05) is 13.2 Å². The summed E-state index contributed by atoms with van der Waals surface area (Å²) in [4.78, 5) is 4.65. The summed E-state index contributed by atoms with van der Waals surface area (Å²) < 4.78 is 11.1. The van der Waals surface area contributed by atoms with Crippen LogP contribution in [0, 0.1) is 6.92 Å². The third kappa shape index (κ3) is 3.56. The first-order valence-electron chi connectivity index (χ1n) is 8.97. The maximum Gasteiger partial charge on any atom is 0.233 e. The predicted molar refractivity (Wildman–Crippen MR) is 104 cm³/mol. The Hall–Kier alpha value is -2.41. The minimum absolute atomic E-state index is 0.00396. The van der Waals surface area contributed by atoms with E-state index < -0.39 is 0 Å². The lowest BCUT2D eigenvalue weighted by atomic mass is 9.94. The summed E-state index contributed by atoms with van der Waals surface area (Å²) in [6.45, 7) is 5.23. The molecule has 0 spiro atoms. The Morgan fingerprint density at radius 3 is 2.89 bits per heavy atom. The first-order valence-corrected chi connectivity index (χ1v) is 9.35. The van der Waals surface area contributed by atoms with Gasteiger partial charge >= 0.3 is 0 Å². The molecule has 0 saturated carbocycles. The lowest BCUT2D eigenvalue weighted by Gasteiger charge is -2.17. The van der Waals surface area contributed by atoms with Crippen molar-refractivity contribution in [1.82, 2.24) is 21.0 Å². The van der Waals surface area contributed by atoms with Gasteiger partial charge in [0.2, 0.25) is 11.7 Å². The number of hydrogen-bond donors (Lipinski definition) is 2. The molecule has 1 aromatic heterocycles. The van der Waals surface area contributed by atoms with E-state index in [9.17, 15) is 0 Å². The number of hydrogen-bond acceptors (Lipinski definition) is 6. The van der Waals surface area contributed by atoms with Gasteiger partial charge in [-0.2, -0.15) is 4.98 Å². The Morgan fingerprint density at radius 1 is 1.26 bits per heavy atom. The van der Waals surface area contributed by atoms with Crippen molar-refractivity contribution in [3.8, 4) is 17.1 Å². The number of ether oxygens (including phenoxy) is 1. The number of hydrazine groups is 1. The predicted octanol–water partition coefficient (Wildman–Crippen LogP) is 4.03. The molecule has 1 aliphatic rings. The van der Waals surface area contributed by atoms with Crippen LogP contribution >= 0.6 is 11.6 Å². The lowest BCUT2D eigenvalue weighted by Crippen LogP contribution is -2.24. The second-order valence-corrected chi connectivity index (χ2v) is 6.91. The minimum Gasteiger partial charge on any atom is -0.492 e. The maximum absolute atomic E-state index is 6.36. The van der Waals surface area contributed by atoms with Crippen molar-refractivity contribution in [2.24, 2.45) is 0 Å². The van der Waals surface area contributed by atoms with Crippen LogP contribution in [0.15, 0.2) is 47.0 Å². The summed E-state index contributed by atoms with van der Waals surface area (Å²) in [5.41, 5.74) is 9.60. The molecule has 0 bridgehead atoms. The van der Waals surface area contributed by atoms with Crippen LogP contribution in [0.4, 0.5) is 0 Å². The quantitative estimate of drug-likeness (QED) is 0.692. The van der Waals surface area contributed by atoms with Gasteiger partial charge in [0.15, 0.2) is 0 Å². The molecular weight excluding hydrogens is 364 g/mol. The van der Waals surface area contributed by atoms with Gasteiger partial charge in [-0.05, 0) is 37.1 Å². The molecule has 27 heavy (non-hydrogen) atoms. The van der Waals surface area contributed by atoms with Crippen molar-refractivity contribution in [2.45, 2.75) is 25.8 Å². The number of benzene rings is 2. The largest absolute Gasteiger partial charge is 0.492 e. The smallest absolute Gasteiger partial charge is 0.233 e. The summed E-state index contributed by atoms with van der Waals surface area (Å²) in [6, 6.07) is 13.8. The Bertz CT molecular complexity index is 943. The van der Waals surface area contributed by atoms with Gasteiger partial charge in [-0.25, -0.2) is 5.43 Å². The van der Waals surface area contributed by atoms with Crippen LogP contribution in [-0.4, -0.2) is 23.3 Å². The highest BCUT2D eigenvalue weighted by Gasteiger charge is 2.34. The summed E-state index contributed by atoms with van der Waals surface area (Å²) in [5.74, 6) is 1.90. The molecule has 2 aromatic carbocycles. The molecule has 0 aliphatic carbocycles. The number of aryl methyl sites for hydroxylation is 1. The molecule has 2 heterocycles. The zero-order chi connectivity index (χ0) is 18.8. The van der Waals surface area contributed by atoms with E-state index in [2.05, 4.69) is 21.0 Å². The minimum atomic E-state index is -0.0247. The summed E-state index contributed by atoms with van der Waals surface area (Å²) in [5, 5.41) is 4.78. The average Bonchev–Trinajstić information content (AvgIpc) is 3.33. The van der Waals surface area contributed by atoms with Crippen LogP contribution in [0.25, 0.3) is 11.4 Å². The highest BCUT2D eigenvalue weighted by atomic mass is 35.5. The van der Waals surface area contributed by atoms with E-state index in [0.29, 0.717) is 35.6 Å². The van der Waals surface area contributed by atoms with Gasteiger partial charge in [-0.15, -0.1) is 0 Å². The molecule has 6 nitrogen and oxygen atoms in total. The van der Waals surface area contributed by atoms with Gasteiger partial charge in [0, 0.05) is 12.1 Å². The average molecular weight is 385 g/mol. The lowest BCUT2D eigenvalue weighted by molar-refractivity contribution is 0.339. The summed E-state index contributed by atoms with van der Waals surface area (Å²) >= 11 is 6.36. The monoisotopic (exact) mass is 384 g/mol. The number of nitrogens with one attached hydrogen (secondary N) is 2. The molecular formula is C20H21ClN4O2. The molecule has 140 valence electrons. The molecule has 0 radical (unpaired) electrons. The van der Waals surface area contributed by atoms with E-state index in [1.54, 1.807) is 0 Å². The molecule has 1 aliphatic heterocycles. The van der Waals surface area contributed by atoms with Gasteiger partial charge in [0.25, 0.3) is 0 Å². The van der Waals surface area contributed by atoms with Crippen LogP contribution in [0.2, 0.25) is 5.02 Å². The zero-order valence-corrected chi connectivity index (χ0v) is 16.0. The van der Waals surface area contributed by atoms with Crippen LogP contribution < -0.4 is 15.6 Å². The fraction of sp³-hybridized carbons (Fsp3) is 0.300. The Balaban J connectivity index is 1.61. The molecule has 2 unspecified atom stereocenters. The highest BCUT2D eigenvalue weighted by molar-refractivity contribution is 6.32. The van der Waals surface area contributed by atoms with E-state index in [1.807, 2.05) is 56.3 Å². The van der Waals surface area contributed by atoms with Crippen molar-refractivity contribution in [1.29, 1.82) is 0 Å². The van der Waals surface area contributed by atoms with Crippen molar-refractivity contribution in [3.63, 3.8) is 0 Å². The summed E-state index contributed by atoms with van der Waals surface area (Å²) in [6.07, 6.45) is 0. The van der Waals surface area contributed by atoms with E-state index >= 15 is 0 Å². The fourth-order valence-corrected chi connectivity index (χ4v) is 3.59. The Kier molecular flexibility index (Phi) is 5.11. The first kappa shape index (κ1) is 18.0. The SMILES string of the molecule is CCOc1ccc(C2NNCC2c2nc(-c3ccccc3C)no2)cc1Cl. The van der Waals surface area contributed by atoms with Crippen LogP contribution in [0.1, 0.15) is 35.9 Å². The molecule has 4 rings (SSSR count). The van der Waals surface area contributed by atoms with Gasteiger partial charge in [0.05, 0.1) is 23.6 Å². The second-order valence-electron chi connectivity index (χ2n) is 6.50. The molecule has 7 heteroatoms. The number of nitrogens with zero attached hydrogens (tertiary/aromatic N) is 2. The number of aromatic nitrogens is 2. The molecule has 0 amide bonds. The van der Waals surface area contributed by atoms with Crippen molar-refractivity contribution >= 4 is 11.6 Å². The molecule has 3 aromatic rings. The van der Waals surface area contributed by atoms with E-state index in [0.717, 1.165) is 16.7 Å². The topological polar surface area (TPSA) is 72.2 Å². The van der Waals surface area contributed by atoms with E-state index in [-0.39, 0.29) is 12.0 Å². The molecule has 2 atom stereocenters. The Labute approximate surface area is 162 Å². The van der Waals surface area contributed by atoms with E-state index in [4.69, 9.17) is 20.9 Å². The zero-order valence-electron chi connectivity index (χ0n) is 15.2. The number of halogens is 1. The van der Waals surface area contributed by atoms with Gasteiger partial charge in [-0.1, -0.05) is 47.1 Å².